The van der Waals surface area contributed by atoms with Crippen LogP contribution in [-0.2, 0) is 28.7 Å². The molecule has 1 aromatic carbocycles. The van der Waals surface area contributed by atoms with E-state index < -0.39 is 47.7 Å². The molecule has 0 unspecified atom stereocenters. The van der Waals surface area contributed by atoms with Crippen LogP contribution in [0.3, 0.4) is 0 Å². The molecule has 45 heavy (non-hydrogen) atoms. The normalized spacial score (nSPS) is 26.4. The van der Waals surface area contributed by atoms with Gasteiger partial charge in [0.25, 0.3) is 0 Å². The molecular weight excluding hydrogens is 574 g/mol. The number of unbranched alkanes of at least 4 members (excludes halogenated alkanes) is 1. The SMILES string of the molecule is C=CCCC(=O)N(C)[C@H](C)[C@H](OC(=O)[C@@H]1[C@@H]2CC[C@]3(O2)[C@H](C(=O)N(CC=C)C(C)C)N(CCCCO)C(=O)[C@@H]13)c1ccccc1. The second-order valence-corrected chi connectivity index (χ2v) is 12.7. The minimum absolute atomic E-state index is 0.0269. The molecule has 0 saturated carbocycles. The van der Waals surface area contributed by atoms with E-state index in [9.17, 15) is 24.3 Å². The number of rotatable bonds is 16. The van der Waals surface area contributed by atoms with E-state index in [0.717, 1.165) is 5.56 Å². The van der Waals surface area contributed by atoms with Crippen molar-refractivity contribution < 1.29 is 33.8 Å². The van der Waals surface area contributed by atoms with Crippen LogP contribution < -0.4 is 0 Å². The maximum Gasteiger partial charge on any atom is 0.313 e. The lowest BCUT2D eigenvalue weighted by atomic mass is 9.70. The largest absolute Gasteiger partial charge is 0.455 e. The predicted molar refractivity (Wildman–Crippen MR) is 170 cm³/mol. The number of allylic oxidation sites excluding steroid dienone is 1. The summed E-state index contributed by atoms with van der Waals surface area (Å²) in [5.74, 6) is -2.95. The van der Waals surface area contributed by atoms with Gasteiger partial charge in [-0.05, 0) is 58.4 Å². The number of aliphatic hydroxyl groups excluding tert-OH is 1. The minimum atomic E-state index is -1.15. The summed E-state index contributed by atoms with van der Waals surface area (Å²) in [6.07, 6.45) is 4.82. The Labute approximate surface area is 267 Å². The Hall–Kier alpha value is -3.50. The second-order valence-electron chi connectivity index (χ2n) is 12.7. The number of carbonyl (C=O) groups is 4. The zero-order valence-electron chi connectivity index (χ0n) is 27.1. The van der Waals surface area contributed by atoms with Gasteiger partial charge in [-0.1, -0.05) is 42.5 Å². The average Bonchev–Trinajstić information content (AvgIpc) is 3.68. The van der Waals surface area contributed by atoms with Gasteiger partial charge in [0.05, 0.1) is 24.0 Å². The highest BCUT2D eigenvalue weighted by Crippen LogP contribution is 2.59. The van der Waals surface area contributed by atoms with Crippen LogP contribution in [0.1, 0.15) is 71.0 Å². The number of carbonyl (C=O) groups excluding carboxylic acids is 4. The van der Waals surface area contributed by atoms with Crippen LogP contribution in [-0.4, -0.2) is 100 Å². The molecule has 7 atom stereocenters. The molecule has 1 N–H and O–H groups in total. The van der Waals surface area contributed by atoms with Gasteiger partial charge < -0.3 is 29.3 Å². The first kappa shape index (κ1) is 34.4. The van der Waals surface area contributed by atoms with Crippen LogP contribution in [0.15, 0.2) is 55.6 Å². The summed E-state index contributed by atoms with van der Waals surface area (Å²) in [6, 6.07) is 7.75. The number of amides is 3. The van der Waals surface area contributed by atoms with Crippen LogP contribution in [0.5, 0.6) is 0 Å². The maximum atomic E-state index is 14.3. The number of esters is 1. The highest BCUT2D eigenvalue weighted by molar-refractivity contribution is 5.98. The molecule has 3 fully saturated rings. The van der Waals surface area contributed by atoms with E-state index >= 15 is 0 Å². The lowest BCUT2D eigenvalue weighted by molar-refractivity contribution is -0.164. The Morgan fingerprint density at radius 1 is 1.16 bits per heavy atom. The third-order valence-electron chi connectivity index (χ3n) is 9.72. The molecule has 0 aliphatic carbocycles. The van der Waals surface area contributed by atoms with Gasteiger partial charge in [-0.3, -0.25) is 19.2 Å². The van der Waals surface area contributed by atoms with Crippen molar-refractivity contribution in [1.29, 1.82) is 0 Å². The molecule has 2 bridgehead atoms. The molecule has 3 aliphatic heterocycles. The molecule has 0 aromatic heterocycles. The van der Waals surface area contributed by atoms with Gasteiger partial charge in [0, 0.05) is 39.2 Å². The van der Waals surface area contributed by atoms with Gasteiger partial charge in [-0.15, -0.1) is 13.2 Å². The quantitative estimate of drug-likeness (QED) is 0.170. The third kappa shape index (κ3) is 6.58. The molecule has 3 aliphatic rings. The molecule has 4 rings (SSSR count). The van der Waals surface area contributed by atoms with Gasteiger partial charge in [0.2, 0.25) is 17.7 Å². The van der Waals surface area contributed by atoms with E-state index in [2.05, 4.69) is 13.2 Å². The van der Waals surface area contributed by atoms with Crippen molar-refractivity contribution in [2.24, 2.45) is 11.8 Å². The van der Waals surface area contributed by atoms with Gasteiger partial charge >= 0.3 is 5.97 Å². The number of likely N-dealkylation sites (N-methyl/N-ethyl adjacent to an activating group) is 1. The number of nitrogens with zero attached hydrogens (tertiary/aromatic N) is 3. The van der Waals surface area contributed by atoms with E-state index in [-0.39, 0.29) is 43.3 Å². The van der Waals surface area contributed by atoms with E-state index in [1.165, 1.54) is 0 Å². The molecule has 246 valence electrons. The number of hydrogen-bond donors (Lipinski definition) is 1. The van der Waals surface area contributed by atoms with Gasteiger partial charge in [0.15, 0.2) is 0 Å². The fourth-order valence-electron chi connectivity index (χ4n) is 7.31. The number of benzene rings is 1. The first-order valence-electron chi connectivity index (χ1n) is 16.2. The molecule has 3 amide bonds. The molecule has 0 radical (unpaired) electrons. The molecule has 3 heterocycles. The molecule has 10 heteroatoms. The third-order valence-corrected chi connectivity index (χ3v) is 9.72. The fraction of sp³-hybridized carbons (Fsp3) is 0.600. The molecular formula is C35H49N3O7. The Bertz CT molecular complexity index is 1250. The van der Waals surface area contributed by atoms with E-state index in [0.29, 0.717) is 38.6 Å². The van der Waals surface area contributed by atoms with E-state index in [4.69, 9.17) is 9.47 Å². The van der Waals surface area contributed by atoms with Crippen molar-refractivity contribution in [1.82, 2.24) is 14.7 Å². The van der Waals surface area contributed by atoms with Crippen molar-refractivity contribution in [2.75, 3.05) is 26.7 Å². The molecule has 1 spiro atoms. The lowest BCUT2D eigenvalue weighted by Gasteiger charge is -2.38. The van der Waals surface area contributed by atoms with Crippen molar-refractivity contribution in [3.05, 3.63) is 61.2 Å². The molecule has 10 nitrogen and oxygen atoms in total. The van der Waals surface area contributed by atoms with Crippen LogP contribution in [0.2, 0.25) is 0 Å². The maximum absolute atomic E-state index is 14.3. The highest BCUT2D eigenvalue weighted by Gasteiger charge is 2.75. The van der Waals surface area contributed by atoms with Crippen LogP contribution >= 0.6 is 0 Å². The summed E-state index contributed by atoms with van der Waals surface area (Å²) < 4.78 is 12.9. The molecule has 3 saturated heterocycles. The number of ether oxygens (including phenoxy) is 2. The number of likely N-dealkylation sites (tertiary alicyclic amines) is 1. The first-order valence-corrected chi connectivity index (χ1v) is 16.2. The second kappa shape index (κ2) is 14.7. The van der Waals surface area contributed by atoms with Gasteiger partial charge in [-0.2, -0.15) is 0 Å². The average molecular weight is 624 g/mol. The standard InChI is InChI=1S/C35H49N3O7/c1-7-9-17-27(40)36(6)24(5)30(25-15-11-10-12-16-25)44-34(43)28-26-18-19-35(45-26)29(28)32(41)38(21-13-14-22-39)31(35)33(42)37(20-8-2)23(3)4/h7-8,10-12,15-16,23-24,26,28-31,39H,1-2,9,13-14,17-22H2,3-6H3/t24-,26+,28-,29-,30+,31+,35-/m1/s1. The topological polar surface area (TPSA) is 117 Å². The summed E-state index contributed by atoms with van der Waals surface area (Å²) in [4.78, 5) is 60.5. The smallest absolute Gasteiger partial charge is 0.313 e. The predicted octanol–water partition coefficient (Wildman–Crippen LogP) is 3.65. The Morgan fingerprint density at radius 3 is 2.49 bits per heavy atom. The summed E-state index contributed by atoms with van der Waals surface area (Å²) in [5.41, 5.74) is -0.421. The monoisotopic (exact) mass is 623 g/mol. The van der Waals surface area contributed by atoms with Crippen molar-refractivity contribution in [2.45, 2.75) is 95.2 Å². The van der Waals surface area contributed by atoms with Gasteiger partial charge in [0.1, 0.15) is 17.7 Å². The highest BCUT2D eigenvalue weighted by atomic mass is 16.6. The Kier molecular flexibility index (Phi) is 11.3. The lowest BCUT2D eigenvalue weighted by Crippen LogP contribution is -2.57. The first-order chi connectivity index (χ1) is 21.5. The van der Waals surface area contributed by atoms with Crippen molar-refractivity contribution in [3.8, 4) is 0 Å². The summed E-state index contributed by atoms with van der Waals surface area (Å²) in [5, 5.41) is 9.43. The summed E-state index contributed by atoms with van der Waals surface area (Å²) >= 11 is 0. The number of aliphatic hydroxyl groups is 1. The number of hydrogen-bond acceptors (Lipinski definition) is 7. The Balaban J connectivity index is 1.67. The summed E-state index contributed by atoms with van der Waals surface area (Å²) in [7, 11) is 1.69. The number of fused-ring (bicyclic) bond motifs is 1. The van der Waals surface area contributed by atoms with E-state index in [1.54, 1.807) is 33.9 Å². The zero-order chi connectivity index (χ0) is 32.9. The minimum Gasteiger partial charge on any atom is -0.455 e. The van der Waals surface area contributed by atoms with E-state index in [1.807, 2.05) is 51.1 Å². The fourth-order valence-corrected chi connectivity index (χ4v) is 7.31. The van der Waals surface area contributed by atoms with Crippen LogP contribution in [0.4, 0.5) is 0 Å². The van der Waals surface area contributed by atoms with Gasteiger partial charge in [-0.25, -0.2) is 0 Å². The van der Waals surface area contributed by atoms with Crippen molar-refractivity contribution >= 4 is 23.7 Å². The molecule has 1 aromatic rings. The van der Waals surface area contributed by atoms with Crippen LogP contribution in [0, 0.1) is 11.8 Å². The summed E-state index contributed by atoms with van der Waals surface area (Å²) in [6.45, 7) is 13.8. The Morgan fingerprint density at radius 2 is 1.87 bits per heavy atom. The van der Waals surface area contributed by atoms with Crippen LogP contribution in [0.25, 0.3) is 0 Å². The van der Waals surface area contributed by atoms with Crippen molar-refractivity contribution in [3.63, 3.8) is 0 Å². The zero-order valence-corrected chi connectivity index (χ0v) is 27.1.